The maximum absolute atomic E-state index is 12.1. The van der Waals surface area contributed by atoms with Gasteiger partial charge in [-0.3, -0.25) is 0 Å². The zero-order chi connectivity index (χ0) is 14.2. The summed E-state index contributed by atoms with van der Waals surface area (Å²) in [4.78, 5) is 18.3. The highest BCUT2D eigenvalue weighted by molar-refractivity contribution is 7.14. The molecule has 21 heavy (non-hydrogen) atoms. The average Bonchev–Trinajstić information content (AvgIpc) is 3.17. The summed E-state index contributed by atoms with van der Waals surface area (Å²) in [5, 5.41) is 0. The predicted molar refractivity (Wildman–Crippen MR) is 79.5 cm³/mol. The van der Waals surface area contributed by atoms with Crippen LogP contribution in [-0.4, -0.2) is 11.0 Å². The third-order valence-corrected chi connectivity index (χ3v) is 4.83. The third kappa shape index (κ3) is 2.34. The molecule has 0 aliphatic heterocycles. The van der Waals surface area contributed by atoms with Crippen molar-refractivity contribution in [2.45, 2.75) is 25.9 Å². The van der Waals surface area contributed by atoms with Gasteiger partial charge < -0.3 is 9.15 Å². The van der Waals surface area contributed by atoms with Crippen molar-refractivity contribution >= 4 is 28.4 Å². The van der Waals surface area contributed by atoms with Crippen LogP contribution >= 0.6 is 11.3 Å². The van der Waals surface area contributed by atoms with E-state index in [2.05, 4.69) is 4.98 Å². The molecule has 106 valence electrons. The van der Waals surface area contributed by atoms with Gasteiger partial charge in [-0.15, -0.1) is 11.3 Å². The molecule has 0 bridgehead atoms. The van der Waals surface area contributed by atoms with Gasteiger partial charge in [-0.1, -0.05) is 12.1 Å². The molecule has 2 aromatic heterocycles. The lowest BCUT2D eigenvalue weighted by Gasteiger charge is -1.99. The lowest BCUT2D eigenvalue weighted by atomic mass is 10.2. The van der Waals surface area contributed by atoms with Crippen LogP contribution in [0.1, 0.15) is 32.4 Å². The van der Waals surface area contributed by atoms with Crippen LogP contribution in [0.15, 0.2) is 34.7 Å². The summed E-state index contributed by atoms with van der Waals surface area (Å²) in [7, 11) is 0. The number of thiophene rings is 1. The maximum Gasteiger partial charge on any atom is 0.348 e. The lowest BCUT2D eigenvalue weighted by molar-refractivity contribution is 0.0446. The Labute approximate surface area is 125 Å². The number of nitrogens with zero attached hydrogens (tertiary/aromatic N) is 1. The number of benzene rings is 1. The Balaban J connectivity index is 1.46. The molecule has 2 heterocycles. The van der Waals surface area contributed by atoms with Gasteiger partial charge in [0.25, 0.3) is 0 Å². The highest BCUT2D eigenvalue weighted by Crippen LogP contribution is 2.31. The number of hydrogen-bond acceptors (Lipinski definition) is 5. The second kappa shape index (κ2) is 5.00. The van der Waals surface area contributed by atoms with Gasteiger partial charge in [0.15, 0.2) is 12.2 Å². The molecule has 0 N–H and O–H groups in total. The Hall–Kier alpha value is -2.14. The van der Waals surface area contributed by atoms with E-state index >= 15 is 0 Å². The summed E-state index contributed by atoms with van der Waals surface area (Å²) in [6, 6.07) is 9.46. The topological polar surface area (TPSA) is 52.3 Å². The number of ether oxygens (including phenoxy) is 1. The lowest BCUT2D eigenvalue weighted by Crippen LogP contribution is -2.03. The number of aryl methyl sites for hydroxylation is 2. The Kier molecular flexibility index (Phi) is 3.00. The Morgan fingerprint density at radius 3 is 3.10 bits per heavy atom. The van der Waals surface area contributed by atoms with E-state index in [4.69, 9.17) is 9.15 Å². The van der Waals surface area contributed by atoms with Crippen LogP contribution in [0.4, 0.5) is 0 Å². The van der Waals surface area contributed by atoms with Gasteiger partial charge in [-0.05, 0) is 43.0 Å². The summed E-state index contributed by atoms with van der Waals surface area (Å²) in [6.07, 6.45) is 3.35. The minimum absolute atomic E-state index is 0.0656. The highest BCUT2D eigenvalue weighted by atomic mass is 32.1. The summed E-state index contributed by atoms with van der Waals surface area (Å²) in [6.45, 7) is 0.0656. The summed E-state index contributed by atoms with van der Waals surface area (Å²) in [5.41, 5.74) is 2.78. The molecular formula is C16H13NO3S. The molecule has 4 nitrogen and oxygen atoms in total. The van der Waals surface area contributed by atoms with E-state index in [9.17, 15) is 4.79 Å². The first-order valence-corrected chi connectivity index (χ1v) is 7.74. The molecule has 5 heteroatoms. The third-order valence-electron chi connectivity index (χ3n) is 3.61. The van der Waals surface area contributed by atoms with Crippen molar-refractivity contribution in [3.63, 3.8) is 0 Å². The van der Waals surface area contributed by atoms with Crippen molar-refractivity contribution in [2.24, 2.45) is 0 Å². The average molecular weight is 299 g/mol. The zero-order valence-corrected chi connectivity index (χ0v) is 12.1. The number of carbonyl (C=O) groups is 1. The van der Waals surface area contributed by atoms with Crippen molar-refractivity contribution in [1.82, 2.24) is 4.98 Å². The Bertz CT molecular complexity index is 763. The molecule has 1 aromatic carbocycles. The van der Waals surface area contributed by atoms with Crippen molar-refractivity contribution in [3.05, 3.63) is 51.5 Å². The largest absolute Gasteiger partial charge is 0.451 e. The first-order chi connectivity index (χ1) is 10.3. The van der Waals surface area contributed by atoms with Gasteiger partial charge in [-0.2, -0.15) is 0 Å². The molecule has 0 fully saturated rings. The molecular weight excluding hydrogens is 286 g/mol. The van der Waals surface area contributed by atoms with Gasteiger partial charge >= 0.3 is 5.97 Å². The first kappa shape index (κ1) is 12.6. The summed E-state index contributed by atoms with van der Waals surface area (Å²) in [5.74, 6) is 0.130. The van der Waals surface area contributed by atoms with E-state index in [0.717, 1.165) is 18.4 Å². The van der Waals surface area contributed by atoms with Crippen molar-refractivity contribution < 1.29 is 13.9 Å². The molecule has 0 unspecified atom stereocenters. The zero-order valence-electron chi connectivity index (χ0n) is 11.3. The fourth-order valence-corrected chi connectivity index (χ4v) is 3.76. The highest BCUT2D eigenvalue weighted by Gasteiger charge is 2.19. The van der Waals surface area contributed by atoms with E-state index in [0.29, 0.717) is 16.4 Å². The molecule has 0 saturated carbocycles. The normalized spacial score (nSPS) is 13.5. The molecule has 0 radical (unpaired) electrons. The Morgan fingerprint density at radius 1 is 1.33 bits per heavy atom. The van der Waals surface area contributed by atoms with Crippen LogP contribution in [0.25, 0.3) is 11.1 Å². The van der Waals surface area contributed by atoms with Crippen LogP contribution in [0.2, 0.25) is 0 Å². The molecule has 0 amide bonds. The van der Waals surface area contributed by atoms with Crippen molar-refractivity contribution in [1.29, 1.82) is 0 Å². The molecule has 0 atom stereocenters. The maximum atomic E-state index is 12.1. The fourth-order valence-electron chi connectivity index (χ4n) is 2.61. The molecule has 1 aliphatic carbocycles. The van der Waals surface area contributed by atoms with Crippen molar-refractivity contribution in [3.8, 4) is 0 Å². The Morgan fingerprint density at radius 2 is 2.24 bits per heavy atom. The van der Waals surface area contributed by atoms with Crippen LogP contribution in [0.5, 0.6) is 0 Å². The SMILES string of the molecule is O=C(OCc1nc2ccccc2o1)c1cc2c(s1)CCC2. The minimum atomic E-state index is -0.295. The van der Waals surface area contributed by atoms with E-state index in [-0.39, 0.29) is 12.6 Å². The van der Waals surface area contributed by atoms with Gasteiger partial charge in [0, 0.05) is 4.88 Å². The van der Waals surface area contributed by atoms with Crippen LogP contribution in [0, 0.1) is 0 Å². The van der Waals surface area contributed by atoms with Gasteiger partial charge in [0.1, 0.15) is 10.4 Å². The summed E-state index contributed by atoms with van der Waals surface area (Å²) >= 11 is 1.54. The molecule has 1 aliphatic rings. The van der Waals surface area contributed by atoms with Gasteiger partial charge in [-0.25, -0.2) is 9.78 Å². The number of esters is 1. The van der Waals surface area contributed by atoms with Gasteiger partial charge in [0.05, 0.1) is 0 Å². The van der Waals surface area contributed by atoms with Crippen LogP contribution in [0.3, 0.4) is 0 Å². The smallest absolute Gasteiger partial charge is 0.348 e. The van der Waals surface area contributed by atoms with E-state index in [1.54, 1.807) is 11.3 Å². The standard InChI is InChI=1S/C16H13NO3S/c18-16(14-8-10-4-3-7-13(10)21-14)19-9-15-17-11-5-1-2-6-12(11)20-15/h1-2,5-6,8H,3-4,7,9H2. The number of hydrogen-bond donors (Lipinski definition) is 0. The minimum Gasteiger partial charge on any atom is -0.451 e. The second-order valence-corrected chi connectivity index (χ2v) is 6.20. The molecule has 3 aromatic rings. The number of oxazole rings is 1. The number of aromatic nitrogens is 1. The van der Waals surface area contributed by atoms with Crippen molar-refractivity contribution in [2.75, 3.05) is 0 Å². The van der Waals surface area contributed by atoms with E-state index < -0.39 is 0 Å². The quantitative estimate of drug-likeness (QED) is 0.691. The molecule has 0 saturated heterocycles. The number of fused-ring (bicyclic) bond motifs is 2. The monoisotopic (exact) mass is 299 g/mol. The predicted octanol–water partition coefficient (Wildman–Crippen LogP) is 3.74. The van der Waals surface area contributed by atoms with E-state index in [1.807, 2.05) is 30.3 Å². The number of carbonyl (C=O) groups excluding carboxylic acids is 1. The van der Waals surface area contributed by atoms with E-state index in [1.165, 1.54) is 16.9 Å². The molecule has 0 spiro atoms. The fraction of sp³-hybridized carbons (Fsp3) is 0.250. The number of rotatable bonds is 3. The van der Waals surface area contributed by atoms with Crippen LogP contribution < -0.4 is 0 Å². The number of para-hydroxylation sites is 2. The van der Waals surface area contributed by atoms with Gasteiger partial charge in [0.2, 0.25) is 5.89 Å². The first-order valence-electron chi connectivity index (χ1n) is 6.93. The summed E-state index contributed by atoms with van der Waals surface area (Å²) < 4.78 is 10.8. The second-order valence-electron chi connectivity index (χ2n) is 5.06. The molecule has 4 rings (SSSR count). The van der Waals surface area contributed by atoms with Crippen LogP contribution in [-0.2, 0) is 24.2 Å².